The Hall–Kier alpha value is -2.56. The van der Waals surface area contributed by atoms with Crippen molar-refractivity contribution in [3.05, 3.63) is 48.3 Å². The summed E-state index contributed by atoms with van der Waals surface area (Å²) < 4.78 is 5.28. The van der Waals surface area contributed by atoms with E-state index in [1.165, 1.54) is 25.7 Å². The number of ether oxygens (including phenoxy) is 1. The third-order valence-electron chi connectivity index (χ3n) is 4.31. The van der Waals surface area contributed by atoms with Gasteiger partial charge in [-0.05, 0) is 31.0 Å². The van der Waals surface area contributed by atoms with Gasteiger partial charge in [0.2, 0.25) is 0 Å². The number of aromatic nitrogens is 1. The van der Waals surface area contributed by atoms with Gasteiger partial charge in [0.05, 0.1) is 30.2 Å². The first kappa shape index (κ1) is 16.3. The summed E-state index contributed by atoms with van der Waals surface area (Å²) >= 11 is 0. The Bertz CT molecular complexity index is 695. The molecular weight excluding hydrogens is 302 g/mol. The van der Waals surface area contributed by atoms with Gasteiger partial charge in [-0.3, -0.25) is 9.78 Å². The summed E-state index contributed by atoms with van der Waals surface area (Å²) in [4.78, 5) is 19.1. The molecule has 2 aromatic rings. The van der Waals surface area contributed by atoms with Crippen LogP contribution in [-0.4, -0.2) is 31.1 Å². The number of carbonyl (C=O) groups is 1. The Kier molecular flexibility index (Phi) is 5.31. The number of anilines is 2. The molecule has 0 bridgehead atoms. The molecule has 5 nitrogen and oxygen atoms in total. The van der Waals surface area contributed by atoms with E-state index in [9.17, 15) is 4.79 Å². The highest BCUT2D eigenvalue weighted by atomic mass is 16.5. The molecule has 1 aromatic heterocycles. The van der Waals surface area contributed by atoms with E-state index < -0.39 is 0 Å². The van der Waals surface area contributed by atoms with Crippen LogP contribution in [-0.2, 0) is 0 Å². The fourth-order valence-electron chi connectivity index (χ4n) is 3.00. The van der Waals surface area contributed by atoms with Gasteiger partial charge in [-0.2, -0.15) is 0 Å². The SMILES string of the molecule is COc1ccccc1NC(=O)c1cncc(N2CCCCCC2)c1. The van der Waals surface area contributed by atoms with Crippen LogP contribution in [0.3, 0.4) is 0 Å². The Morgan fingerprint density at radius 3 is 2.62 bits per heavy atom. The highest BCUT2D eigenvalue weighted by Crippen LogP contribution is 2.24. The maximum absolute atomic E-state index is 12.6. The van der Waals surface area contributed by atoms with Crippen molar-refractivity contribution in [1.82, 2.24) is 4.98 Å². The van der Waals surface area contributed by atoms with Gasteiger partial charge in [-0.1, -0.05) is 25.0 Å². The molecular formula is C19H23N3O2. The summed E-state index contributed by atoms with van der Waals surface area (Å²) in [5, 5.41) is 2.90. The molecule has 3 rings (SSSR count). The molecule has 1 aliphatic heterocycles. The van der Waals surface area contributed by atoms with E-state index in [0.29, 0.717) is 17.0 Å². The Morgan fingerprint density at radius 1 is 1.12 bits per heavy atom. The molecule has 0 spiro atoms. The largest absolute Gasteiger partial charge is 0.495 e. The van der Waals surface area contributed by atoms with Gasteiger partial charge in [0.15, 0.2) is 0 Å². The second-order valence-corrected chi connectivity index (χ2v) is 5.99. The topological polar surface area (TPSA) is 54.5 Å². The number of methoxy groups -OCH3 is 1. The molecule has 1 fully saturated rings. The number of hydrogen-bond donors (Lipinski definition) is 1. The lowest BCUT2D eigenvalue weighted by Gasteiger charge is -2.22. The van der Waals surface area contributed by atoms with E-state index in [4.69, 9.17) is 4.74 Å². The van der Waals surface area contributed by atoms with Crippen molar-refractivity contribution < 1.29 is 9.53 Å². The van der Waals surface area contributed by atoms with Gasteiger partial charge in [-0.15, -0.1) is 0 Å². The van der Waals surface area contributed by atoms with Crippen LogP contribution in [0.2, 0.25) is 0 Å². The lowest BCUT2D eigenvalue weighted by Crippen LogP contribution is -2.24. The molecule has 0 atom stereocenters. The summed E-state index contributed by atoms with van der Waals surface area (Å²) in [6.07, 6.45) is 8.38. The molecule has 2 heterocycles. The summed E-state index contributed by atoms with van der Waals surface area (Å²) in [6, 6.07) is 9.30. The molecule has 0 radical (unpaired) electrons. The quantitative estimate of drug-likeness (QED) is 0.931. The van der Waals surface area contributed by atoms with Crippen LogP contribution in [0.5, 0.6) is 5.75 Å². The summed E-state index contributed by atoms with van der Waals surface area (Å²) in [5.41, 5.74) is 2.23. The van der Waals surface area contributed by atoms with Gasteiger partial charge in [0.25, 0.3) is 5.91 Å². The molecule has 24 heavy (non-hydrogen) atoms. The number of amides is 1. The molecule has 0 aliphatic carbocycles. The Labute approximate surface area is 142 Å². The van der Waals surface area contributed by atoms with Gasteiger partial charge in [-0.25, -0.2) is 0 Å². The zero-order chi connectivity index (χ0) is 16.8. The highest BCUT2D eigenvalue weighted by Gasteiger charge is 2.14. The number of carbonyl (C=O) groups excluding carboxylic acids is 1. The summed E-state index contributed by atoms with van der Waals surface area (Å²) in [5.74, 6) is 0.464. The lowest BCUT2D eigenvalue weighted by molar-refractivity contribution is 0.102. The number of rotatable bonds is 4. The van der Waals surface area contributed by atoms with Crippen LogP contribution in [0.4, 0.5) is 11.4 Å². The maximum Gasteiger partial charge on any atom is 0.257 e. The number of para-hydroxylation sites is 2. The maximum atomic E-state index is 12.6. The minimum Gasteiger partial charge on any atom is -0.495 e. The molecule has 1 aromatic carbocycles. The normalized spacial score (nSPS) is 14.8. The first-order chi connectivity index (χ1) is 11.8. The van der Waals surface area contributed by atoms with Crippen LogP contribution in [0.1, 0.15) is 36.0 Å². The molecule has 126 valence electrons. The second kappa shape index (κ2) is 7.81. The van der Waals surface area contributed by atoms with Crippen molar-refractivity contribution in [2.24, 2.45) is 0 Å². The monoisotopic (exact) mass is 325 g/mol. The average Bonchev–Trinajstić information content (AvgIpc) is 2.92. The van der Waals surface area contributed by atoms with Crippen LogP contribution >= 0.6 is 0 Å². The predicted octanol–water partition coefficient (Wildman–Crippen LogP) is 3.72. The fourth-order valence-corrected chi connectivity index (χ4v) is 3.00. The first-order valence-corrected chi connectivity index (χ1v) is 8.42. The summed E-state index contributed by atoms with van der Waals surface area (Å²) in [7, 11) is 1.59. The molecule has 1 N–H and O–H groups in total. The minimum absolute atomic E-state index is 0.177. The molecule has 1 saturated heterocycles. The molecule has 5 heteroatoms. The Balaban J connectivity index is 1.76. The molecule has 0 saturated carbocycles. The Morgan fingerprint density at radius 2 is 1.88 bits per heavy atom. The van der Waals surface area contributed by atoms with Crippen molar-refractivity contribution in [3.63, 3.8) is 0 Å². The predicted molar refractivity (Wildman–Crippen MR) is 95.9 cm³/mol. The second-order valence-electron chi connectivity index (χ2n) is 5.99. The number of pyridine rings is 1. The van der Waals surface area contributed by atoms with E-state index in [-0.39, 0.29) is 5.91 Å². The first-order valence-electron chi connectivity index (χ1n) is 8.42. The lowest BCUT2D eigenvalue weighted by atomic mass is 10.2. The van der Waals surface area contributed by atoms with E-state index in [0.717, 1.165) is 18.8 Å². The van der Waals surface area contributed by atoms with E-state index in [1.54, 1.807) is 13.3 Å². The number of benzene rings is 1. The average molecular weight is 325 g/mol. The zero-order valence-electron chi connectivity index (χ0n) is 14.0. The van der Waals surface area contributed by atoms with E-state index in [2.05, 4.69) is 15.2 Å². The van der Waals surface area contributed by atoms with Crippen LogP contribution < -0.4 is 15.0 Å². The van der Waals surface area contributed by atoms with Crippen molar-refractivity contribution in [1.29, 1.82) is 0 Å². The summed E-state index contributed by atoms with van der Waals surface area (Å²) in [6.45, 7) is 2.05. The molecule has 0 unspecified atom stereocenters. The third-order valence-corrected chi connectivity index (χ3v) is 4.31. The standard InChI is InChI=1S/C19H23N3O2/c1-24-18-9-5-4-8-17(18)21-19(23)15-12-16(14-20-13-15)22-10-6-2-3-7-11-22/h4-5,8-9,12-14H,2-3,6-7,10-11H2,1H3,(H,21,23). The number of nitrogens with zero attached hydrogens (tertiary/aromatic N) is 2. The van der Waals surface area contributed by atoms with Crippen molar-refractivity contribution >= 4 is 17.3 Å². The van der Waals surface area contributed by atoms with Gasteiger partial charge < -0.3 is 15.0 Å². The highest BCUT2D eigenvalue weighted by molar-refractivity contribution is 6.05. The van der Waals surface area contributed by atoms with Gasteiger partial charge in [0, 0.05) is 19.3 Å². The van der Waals surface area contributed by atoms with E-state index in [1.807, 2.05) is 36.5 Å². The smallest absolute Gasteiger partial charge is 0.257 e. The van der Waals surface area contributed by atoms with Gasteiger partial charge >= 0.3 is 0 Å². The minimum atomic E-state index is -0.177. The molecule has 1 amide bonds. The van der Waals surface area contributed by atoms with Crippen LogP contribution in [0.15, 0.2) is 42.7 Å². The van der Waals surface area contributed by atoms with Crippen LogP contribution in [0, 0.1) is 0 Å². The number of hydrogen-bond acceptors (Lipinski definition) is 4. The third kappa shape index (κ3) is 3.85. The van der Waals surface area contributed by atoms with Crippen molar-refractivity contribution in [2.75, 3.05) is 30.4 Å². The van der Waals surface area contributed by atoms with Crippen molar-refractivity contribution in [3.8, 4) is 5.75 Å². The van der Waals surface area contributed by atoms with Crippen molar-refractivity contribution in [2.45, 2.75) is 25.7 Å². The van der Waals surface area contributed by atoms with Gasteiger partial charge in [0.1, 0.15) is 5.75 Å². The van der Waals surface area contributed by atoms with Crippen LogP contribution in [0.25, 0.3) is 0 Å². The molecule has 1 aliphatic rings. The zero-order valence-corrected chi connectivity index (χ0v) is 14.0. The van der Waals surface area contributed by atoms with E-state index >= 15 is 0 Å². The fraction of sp³-hybridized carbons (Fsp3) is 0.368. The number of nitrogens with one attached hydrogen (secondary N) is 1.